The van der Waals surface area contributed by atoms with Gasteiger partial charge in [-0.2, -0.15) is 0 Å². The Morgan fingerprint density at radius 3 is 2.52 bits per heavy atom. The molecule has 1 aromatic rings. The SMILES string of the molecule is Cc1cc(N)ccc1NC(=O)C(C)N(C)CCCN(C)C. The molecule has 0 fully saturated rings. The van der Waals surface area contributed by atoms with Crippen molar-refractivity contribution in [3.05, 3.63) is 23.8 Å². The molecule has 5 heteroatoms. The first-order valence-corrected chi connectivity index (χ1v) is 7.33. The summed E-state index contributed by atoms with van der Waals surface area (Å²) in [5.74, 6) is 0.00947. The van der Waals surface area contributed by atoms with Crippen LogP contribution in [0.1, 0.15) is 18.9 Å². The Hall–Kier alpha value is -1.59. The molecular formula is C16H28N4O. The van der Waals surface area contributed by atoms with Crippen LogP contribution in [0.3, 0.4) is 0 Å². The maximum absolute atomic E-state index is 12.3. The average molecular weight is 292 g/mol. The van der Waals surface area contributed by atoms with Gasteiger partial charge in [0.15, 0.2) is 0 Å². The number of carbonyl (C=O) groups excluding carboxylic acids is 1. The summed E-state index contributed by atoms with van der Waals surface area (Å²) < 4.78 is 0. The molecule has 118 valence electrons. The van der Waals surface area contributed by atoms with Gasteiger partial charge in [0.1, 0.15) is 0 Å². The number of aryl methyl sites for hydroxylation is 1. The van der Waals surface area contributed by atoms with Crippen LogP contribution in [0.25, 0.3) is 0 Å². The van der Waals surface area contributed by atoms with E-state index in [2.05, 4.69) is 29.2 Å². The lowest BCUT2D eigenvalue weighted by molar-refractivity contribution is -0.120. The van der Waals surface area contributed by atoms with Crippen molar-refractivity contribution < 1.29 is 4.79 Å². The molecular weight excluding hydrogens is 264 g/mol. The number of nitrogens with zero attached hydrogens (tertiary/aromatic N) is 2. The van der Waals surface area contributed by atoms with Gasteiger partial charge in [-0.1, -0.05) is 0 Å². The molecule has 0 spiro atoms. The van der Waals surface area contributed by atoms with Crippen molar-refractivity contribution >= 4 is 17.3 Å². The minimum Gasteiger partial charge on any atom is -0.399 e. The van der Waals surface area contributed by atoms with E-state index in [1.54, 1.807) is 6.07 Å². The summed E-state index contributed by atoms with van der Waals surface area (Å²) in [6, 6.07) is 5.35. The summed E-state index contributed by atoms with van der Waals surface area (Å²) in [4.78, 5) is 16.5. The number of amides is 1. The summed E-state index contributed by atoms with van der Waals surface area (Å²) in [7, 11) is 6.09. The Morgan fingerprint density at radius 1 is 1.29 bits per heavy atom. The van der Waals surface area contributed by atoms with E-state index in [4.69, 9.17) is 5.73 Å². The number of nitrogens with one attached hydrogen (secondary N) is 1. The number of likely N-dealkylation sites (N-methyl/N-ethyl adjacent to an activating group) is 1. The van der Waals surface area contributed by atoms with Gasteiger partial charge in [0.05, 0.1) is 6.04 Å². The number of rotatable bonds is 7. The zero-order valence-electron chi connectivity index (χ0n) is 13.8. The fourth-order valence-electron chi connectivity index (χ4n) is 2.09. The first-order chi connectivity index (χ1) is 9.81. The molecule has 1 aromatic carbocycles. The molecule has 0 bridgehead atoms. The molecule has 0 heterocycles. The van der Waals surface area contributed by atoms with Crippen molar-refractivity contribution in [2.75, 3.05) is 45.3 Å². The minimum atomic E-state index is -0.163. The van der Waals surface area contributed by atoms with E-state index in [0.717, 1.165) is 30.8 Å². The molecule has 1 amide bonds. The molecule has 0 aliphatic carbocycles. The number of carbonyl (C=O) groups is 1. The Balaban J connectivity index is 2.53. The highest BCUT2D eigenvalue weighted by Crippen LogP contribution is 2.18. The molecule has 1 rings (SSSR count). The van der Waals surface area contributed by atoms with E-state index in [1.807, 2.05) is 33.0 Å². The van der Waals surface area contributed by atoms with E-state index in [-0.39, 0.29) is 11.9 Å². The van der Waals surface area contributed by atoms with Crippen LogP contribution < -0.4 is 11.1 Å². The maximum Gasteiger partial charge on any atom is 0.241 e. The van der Waals surface area contributed by atoms with E-state index in [1.165, 1.54) is 0 Å². The second-order valence-electron chi connectivity index (χ2n) is 5.88. The predicted molar refractivity (Wildman–Crippen MR) is 89.5 cm³/mol. The zero-order valence-corrected chi connectivity index (χ0v) is 13.8. The van der Waals surface area contributed by atoms with Gasteiger partial charge in [-0.3, -0.25) is 9.69 Å². The first-order valence-electron chi connectivity index (χ1n) is 7.33. The molecule has 0 saturated carbocycles. The second-order valence-corrected chi connectivity index (χ2v) is 5.88. The molecule has 21 heavy (non-hydrogen) atoms. The van der Waals surface area contributed by atoms with Crippen LogP contribution in [0, 0.1) is 6.92 Å². The highest BCUT2D eigenvalue weighted by atomic mass is 16.2. The largest absolute Gasteiger partial charge is 0.399 e. The van der Waals surface area contributed by atoms with Crippen LogP contribution in [-0.4, -0.2) is 56.0 Å². The van der Waals surface area contributed by atoms with Crippen LogP contribution in [-0.2, 0) is 4.79 Å². The van der Waals surface area contributed by atoms with Gasteiger partial charge < -0.3 is 16.0 Å². The van der Waals surface area contributed by atoms with E-state index in [9.17, 15) is 4.79 Å². The molecule has 5 nitrogen and oxygen atoms in total. The predicted octanol–water partition coefficient (Wildman–Crippen LogP) is 1.79. The van der Waals surface area contributed by atoms with Gasteiger partial charge in [-0.15, -0.1) is 0 Å². The molecule has 0 radical (unpaired) electrons. The number of nitrogen functional groups attached to an aromatic ring is 1. The van der Waals surface area contributed by atoms with Crippen molar-refractivity contribution in [1.29, 1.82) is 0 Å². The Labute approximate surface area is 128 Å². The Morgan fingerprint density at radius 2 is 1.95 bits per heavy atom. The third kappa shape index (κ3) is 5.73. The molecule has 3 N–H and O–H groups in total. The van der Waals surface area contributed by atoms with Gasteiger partial charge in [-0.05, 0) is 78.3 Å². The zero-order chi connectivity index (χ0) is 16.0. The number of hydrogen-bond acceptors (Lipinski definition) is 4. The minimum absolute atomic E-state index is 0.00947. The third-order valence-corrected chi connectivity index (χ3v) is 3.67. The fraction of sp³-hybridized carbons (Fsp3) is 0.562. The Bertz CT molecular complexity index is 473. The number of nitrogens with two attached hydrogens (primary N) is 1. The first kappa shape index (κ1) is 17.5. The van der Waals surface area contributed by atoms with Crippen LogP contribution in [0.5, 0.6) is 0 Å². The van der Waals surface area contributed by atoms with Gasteiger partial charge in [0, 0.05) is 11.4 Å². The van der Waals surface area contributed by atoms with Crippen molar-refractivity contribution in [3.8, 4) is 0 Å². The van der Waals surface area contributed by atoms with Gasteiger partial charge >= 0.3 is 0 Å². The van der Waals surface area contributed by atoms with Crippen LogP contribution in [0.2, 0.25) is 0 Å². The number of hydrogen-bond donors (Lipinski definition) is 2. The topological polar surface area (TPSA) is 61.6 Å². The molecule has 0 saturated heterocycles. The molecule has 0 aliphatic rings. The smallest absolute Gasteiger partial charge is 0.241 e. The van der Waals surface area contributed by atoms with Gasteiger partial charge in [0.2, 0.25) is 5.91 Å². The molecule has 1 atom stereocenters. The fourth-order valence-corrected chi connectivity index (χ4v) is 2.09. The van der Waals surface area contributed by atoms with Gasteiger partial charge in [-0.25, -0.2) is 0 Å². The standard InChI is InChI=1S/C16H28N4O/c1-12-11-14(17)7-8-15(12)18-16(21)13(2)20(5)10-6-9-19(3)4/h7-8,11,13H,6,9-10,17H2,1-5H3,(H,18,21). The molecule has 1 unspecified atom stereocenters. The molecule has 0 aromatic heterocycles. The molecule has 0 aliphatic heterocycles. The summed E-state index contributed by atoms with van der Waals surface area (Å²) in [5, 5.41) is 2.97. The van der Waals surface area contributed by atoms with E-state index >= 15 is 0 Å². The number of anilines is 2. The van der Waals surface area contributed by atoms with Gasteiger partial charge in [0.25, 0.3) is 0 Å². The van der Waals surface area contributed by atoms with E-state index < -0.39 is 0 Å². The van der Waals surface area contributed by atoms with E-state index in [0.29, 0.717) is 5.69 Å². The van der Waals surface area contributed by atoms with Crippen LogP contribution in [0.15, 0.2) is 18.2 Å². The summed E-state index contributed by atoms with van der Waals surface area (Å²) in [6.45, 7) is 5.79. The lowest BCUT2D eigenvalue weighted by Gasteiger charge is -2.24. The quantitative estimate of drug-likeness (QED) is 0.752. The lowest BCUT2D eigenvalue weighted by Crippen LogP contribution is -2.40. The van der Waals surface area contributed by atoms with Crippen molar-refractivity contribution in [2.45, 2.75) is 26.3 Å². The lowest BCUT2D eigenvalue weighted by atomic mass is 10.1. The summed E-state index contributed by atoms with van der Waals surface area (Å²) in [6.07, 6.45) is 1.04. The van der Waals surface area contributed by atoms with Crippen molar-refractivity contribution in [3.63, 3.8) is 0 Å². The average Bonchev–Trinajstić information content (AvgIpc) is 2.40. The van der Waals surface area contributed by atoms with Crippen molar-refractivity contribution in [2.24, 2.45) is 0 Å². The Kier molecular flexibility index (Phi) is 6.65. The summed E-state index contributed by atoms with van der Waals surface area (Å²) >= 11 is 0. The van der Waals surface area contributed by atoms with Crippen molar-refractivity contribution in [1.82, 2.24) is 9.80 Å². The van der Waals surface area contributed by atoms with Crippen LogP contribution in [0.4, 0.5) is 11.4 Å². The normalized spacial score (nSPS) is 12.7. The summed E-state index contributed by atoms with van der Waals surface area (Å²) in [5.41, 5.74) is 8.23. The highest BCUT2D eigenvalue weighted by Gasteiger charge is 2.18. The van der Waals surface area contributed by atoms with Crippen LogP contribution >= 0.6 is 0 Å². The maximum atomic E-state index is 12.3. The third-order valence-electron chi connectivity index (χ3n) is 3.67. The monoisotopic (exact) mass is 292 g/mol. The highest BCUT2D eigenvalue weighted by molar-refractivity contribution is 5.95. The number of benzene rings is 1. The second kappa shape index (κ2) is 8.00.